The minimum atomic E-state index is -0.321. The number of amides is 2. The number of benzene rings is 1. The van der Waals surface area contributed by atoms with Crippen molar-refractivity contribution in [3.8, 4) is 5.75 Å². The maximum absolute atomic E-state index is 13.0. The molecule has 1 aromatic carbocycles. The van der Waals surface area contributed by atoms with Crippen LogP contribution in [-0.4, -0.2) is 49.5 Å². The molecule has 3 rings (SSSR count). The summed E-state index contributed by atoms with van der Waals surface area (Å²) in [7, 11) is 0. The Morgan fingerprint density at radius 1 is 1.07 bits per heavy atom. The van der Waals surface area contributed by atoms with Crippen molar-refractivity contribution in [2.75, 3.05) is 37.7 Å². The van der Waals surface area contributed by atoms with Gasteiger partial charge in [-0.3, -0.25) is 9.59 Å². The van der Waals surface area contributed by atoms with Crippen LogP contribution in [0.2, 0.25) is 0 Å². The van der Waals surface area contributed by atoms with Crippen LogP contribution in [0, 0.1) is 11.8 Å². The third-order valence-electron chi connectivity index (χ3n) is 6.13. The highest BCUT2D eigenvalue weighted by Crippen LogP contribution is 2.32. The van der Waals surface area contributed by atoms with E-state index in [4.69, 9.17) is 10.5 Å². The molecule has 2 amide bonds. The first-order valence-corrected chi connectivity index (χ1v) is 10.6. The first-order chi connectivity index (χ1) is 13.5. The number of anilines is 1. The van der Waals surface area contributed by atoms with Crippen molar-refractivity contribution in [3.63, 3.8) is 0 Å². The first-order valence-electron chi connectivity index (χ1n) is 10.6. The number of hydrogen-bond donors (Lipinski definition) is 1. The van der Waals surface area contributed by atoms with Crippen molar-refractivity contribution < 1.29 is 14.3 Å². The Labute approximate surface area is 168 Å². The predicted octanol–water partition coefficient (Wildman–Crippen LogP) is 2.59. The Balaban J connectivity index is 1.62. The van der Waals surface area contributed by atoms with Crippen LogP contribution in [0.25, 0.3) is 0 Å². The standard InChI is InChI=1S/C22H33N3O3/c1-3-16-15-17(9-10-20(16)28-4-2)24-11-13-25(14-12-24)22(27)19-8-6-5-7-18(19)21(23)26/h9-10,15,18-19H,3-8,11-14H2,1-2H3,(H2,23,26). The SMILES string of the molecule is CCOc1ccc(N2CCN(C(=O)C3CCCCC3C(N)=O)CC2)cc1CC. The van der Waals surface area contributed by atoms with E-state index in [0.29, 0.717) is 19.7 Å². The maximum atomic E-state index is 13.0. The van der Waals surface area contributed by atoms with Gasteiger partial charge in [-0.15, -0.1) is 0 Å². The van der Waals surface area contributed by atoms with E-state index in [1.165, 1.54) is 11.3 Å². The maximum Gasteiger partial charge on any atom is 0.226 e. The summed E-state index contributed by atoms with van der Waals surface area (Å²) in [6, 6.07) is 6.35. The highest BCUT2D eigenvalue weighted by atomic mass is 16.5. The molecule has 2 atom stereocenters. The summed E-state index contributed by atoms with van der Waals surface area (Å²) in [5.74, 6) is 0.229. The number of ether oxygens (including phenoxy) is 1. The number of primary amides is 1. The Morgan fingerprint density at radius 2 is 1.75 bits per heavy atom. The van der Waals surface area contributed by atoms with Crippen molar-refractivity contribution in [1.29, 1.82) is 0 Å². The molecule has 0 bridgehead atoms. The van der Waals surface area contributed by atoms with Gasteiger partial charge < -0.3 is 20.3 Å². The van der Waals surface area contributed by atoms with Crippen LogP contribution < -0.4 is 15.4 Å². The first kappa shape index (κ1) is 20.5. The van der Waals surface area contributed by atoms with Crippen LogP contribution >= 0.6 is 0 Å². The Kier molecular flexibility index (Phi) is 6.81. The van der Waals surface area contributed by atoms with Crippen molar-refractivity contribution in [2.45, 2.75) is 46.0 Å². The van der Waals surface area contributed by atoms with E-state index < -0.39 is 0 Å². The lowest BCUT2D eigenvalue weighted by Gasteiger charge is -2.39. The van der Waals surface area contributed by atoms with Crippen LogP contribution in [0.3, 0.4) is 0 Å². The zero-order valence-corrected chi connectivity index (χ0v) is 17.2. The van der Waals surface area contributed by atoms with Crippen molar-refractivity contribution in [2.24, 2.45) is 17.6 Å². The van der Waals surface area contributed by atoms with Gasteiger partial charge in [0.2, 0.25) is 11.8 Å². The molecule has 2 N–H and O–H groups in total. The zero-order valence-electron chi connectivity index (χ0n) is 17.2. The van der Waals surface area contributed by atoms with Gasteiger partial charge in [-0.1, -0.05) is 19.8 Å². The molecule has 154 valence electrons. The second-order valence-corrected chi connectivity index (χ2v) is 7.79. The predicted molar refractivity (Wildman–Crippen MR) is 110 cm³/mol. The number of rotatable bonds is 6. The molecule has 1 heterocycles. The lowest BCUT2D eigenvalue weighted by atomic mass is 9.78. The number of piperazine rings is 1. The quantitative estimate of drug-likeness (QED) is 0.814. The van der Waals surface area contributed by atoms with Gasteiger partial charge >= 0.3 is 0 Å². The fourth-order valence-electron chi connectivity index (χ4n) is 4.52. The summed E-state index contributed by atoms with van der Waals surface area (Å²) in [6.07, 6.45) is 4.45. The molecule has 1 aliphatic carbocycles. The van der Waals surface area contributed by atoms with Gasteiger partial charge in [-0.05, 0) is 49.9 Å². The van der Waals surface area contributed by atoms with E-state index in [-0.39, 0.29) is 23.7 Å². The molecule has 2 aliphatic rings. The molecule has 1 aliphatic heterocycles. The largest absolute Gasteiger partial charge is 0.494 e. The molecule has 1 aromatic rings. The monoisotopic (exact) mass is 387 g/mol. The van der Waals surface area contributed by atoms with Crippen LogP contribution in [0.5, 0.6) is 5.75 Å². The summed E-state index contributed by atoms with van der Waals surface area (Å²) in [6.45, 7) is 7.79. The summed E-state index contributed by atoms with van der Waals surface area (Å²) in [5.41, 5.74) is 7.95. The number of carbonyl (C=O) groups excluding carboxylic acids is 2. The van der Waals surface area contributed by atoms with Crippen molar-refractivity contribution in [1.82, 2.24) is 4.90 Å². The van der Waals surface area contributed by atoms with E-state index in [0.717, 1.165) is 50.9 Å². The van der Waals surface area contributed by atoms with Crippen LogP contribution in [-0.2, 0) is 16.0 Å². The molecule has 28 heavy (non-hydrogen) atoms. The highest BCUT2D eigenvalue weighted by Gasteiger charge is 2.37. The number of aryl methyl sites for hydroxylation is 1. The van der Waals surface area contributed by atoms with E-state index in [2.05, 4.69) is 30.0 Å². The van der Waals surface area contributed by atoms with Gasteiger partial charge in [0.05, 0.1) is 6.61 Å². The summed E-state index contributed by atoms with van der Waals surface area (Å²) >= 11 is 0. The third-order valence-corrected chi connectivity index (χ3v) is 6.13. The van der Waals surface area contributed by atoms with Gasteiger partial charge in [0.15, 0.2) is 0 Å². The van der Waals surface area contributed by atoms with E-state index >= 15 is 0 Å². The van der Waals surface area contributed by atoms with Gasteiger partial charge in [0.25, 0.3) is 0 Å². The van der Waals surface area contributed by atoms with Crippen molar-refractivity contribution in [3.05, 3.63) is 23.8 Å². The van der Waals surface area contributed by atoms with Gasteiger partial charge in [0.1, 0.15) is 5.75 Å². The molecule has 6 heteroatoms. The van der Waals surface area contributed by atoms with E-state index in [1.807, 2.05) is 11.8 Å². The molecule has 0 aromatic heterocycles. The third kappa shape index (κ3) is 4.42. The smallest absolute Gasteiger partial charge is 0.226 e. The highest BCUT2D eigenvalue weighted by molar-refractivity contribution is 5.87. The second-order valence-electron chi connectivity index (χ2n) is 7.79. The van der Waals surface area contributed by atoms with Gasteiger partial charge in [-0.25, -0.2) is 0 Å². The lowest BCUT2D eigenvalue weighted by Crippen LogP contribution is -2.52. The fourth-order valence-corrected chi connectivity index (χ4v) is 4.52. The normalized spacial score (nSPS) is 22.8. The number of nitrogens with two attached hydrogens (primary N) is 1. The number of nitrogens with zero attached hydrogens (tertiary/aromatic N) is 2. The Bertz CT molecular complexity index is 698. The van der Waals surface area contributed by atoms with E-state index in [9.17, 15) is 9.59 Å². The zero-order chi connectivity index (χ0) is 20.1. The fraction of sp³-hybridized carbons (Fsp3) is 0.636. The molecule has 6 nitrogen and oxygen atoms in total. The summed E-state index contributed by atoms with van der Waals surface area (Å²) in [5, 5.41) is 0. The van der Waals surface area contributed by atoms with Crippen LogP contribution in [0.15, 0.2) is 18.2 Å². The van der Waals surface area contributed by atoms with Gasteiger partial charge in [0, 0.05) is 43.7 Å². The summed E-state index contributed by atoms with van der Waals surface area (Å²) < 4.78 is 5.71. The molecule has 1 saturated heterocycles. The van der Waals surface area contributed by atoms with Crippen LogP contribution in [0.4, 0.5) is 5.69 Å². The molecular weight excluding hydrogens is 354 g/mol. The topological polar surface area (TPSA) is 75.9 Å². The summed E-state index contributed by atoms with van der Waals surface area (Å²) in [4.78, 5) is 29.0. The average Bonchev–Trinajstić information content (AvgIpc) is 2.74. The molecule has 2 unspecified atom stereocenters. The van der Waals surface area contributed by atoms with Crippen LogP contribution in [0.1, 0.15) is 45.1 Å². The molecule has 0 radical (unpaired) electrons. The Morgan fingerprint density at radius 3 is 2.36 bits per heavy atom. The van der Waals surface area contributed by atoms with E-state index in [1.54, 1.807) is 0 Å². The van der Waals surface area contributed by atoms with Crippen molar-refractivity contribution >= 4 is 17.5 Å². The lowest BCUT2D eigenvalue weighted by molar-refractivity contribution is -0.143. The van der Waals surface area contributed by atoms with Gasteiger partial charge in [-0.2, -0.15) is 0 Å². The Hall–Kier alpha value is -2.24. The average molecular weight is 388 g/mol. The molecule has 1 saturated carbocycles. The number of carbonyl (C=O) groups is 2. The second kappa shape index (κ2) is 9.30. The molecule has 2 fully saturated rings. The minimum Gasteiger partial charge on any atom is -0.494 e. The number of hydrogen-bond acceptors (Lipinski definition) is 4. The molecular formula is C22H33N3O3. The molecule has 0 spiro atoms. The minimum absolute atomic E-state index is 0.115.